The lowest BCUT2D eigenvalue weighted by Gasteiger charge is -2.02. The molecule has 0 saturated heterocycles. The molecule has 1 N–H and O–H groups in total. The van der Waals surface area contributed by atoms with Gasteiger partial charge in [0.15, 0.2) is 0 Å². The Balaban J connectivity index is 2.24. The van der Waals surface area contributed by atoms with E-state index in [1.165, 1.54) is 6.20 Å². The zero-order valence-corrected chi connectivity index (χ0v) is 9.70. The molecule has 0 aliphatic rings. The molecular weight excluding hydrogens is 253 g/mol. The van der Waals surface area contributed by atoms with Crippen LogP contribution in [-0.2, 0) is 6.18 Å². The number of aromatic amines is 1. The van der Waals surface area contributed by atoms with Gasteiger partial charge in [-0.2, -0.15) is 13.2 Å². The predicted molar refractivity (Wildman–Crippen MR) is 66.5 cm³/mol. The zero-order chi connectivity index (χ0) is 13.5. The third-order valence-electron chi connectivity index (χ3n) is 2.92. The summed E-state index contributed by atoms with van der Waals surface area (Å²) in [6, 6.07) is 12.1. The highest BCUT2D eigenvalue weighted by atomic mass is 19.4. The Kier molecular flexibility index (Phi) is 2.55. The van der Waals surface area contributed by atoms with Gasteiger partial charge in [-0.05, 0) is 23.3 Å². The molecule has 0 aliphatic heterocycles. The summed E-state index contributed by atoms with van der Waals surface area (Å²) in [5.74, 6) is 0. The average molecular weight is 262 g/mol. The maximum atomic E-state index is 12.7. The normalized spacial score (nSPS) is 11.9. The van der Waals surface area contributed by atoms with Crippen LogP contribution in [0.1, 0.15) is 5.69 Å². The highest BCUT2D eigenvalue weighted by Crippen LogP contribution is 2.34. The number of H-pyrrole nitrogens is 1. The second-order valence-corrected chi connectivity index (χ2v) is 4.17. The van der Waals surface area contributed by atoms with Gasteiger partial charge in [-0.3, -0.25) is 0 Å². The second kappa shape index (κ2) is 4.12. The fourth-order valence-corrected chi connectivity index (χ4v) is 2.05. The molecule has 5 heteroatoms. The van der Waals surface area contributed by atoms with Crippen LogP contribution in [0.4, 0.5) is 13.2 Å². The number of hydrogen-bond donors (Lipinski definition) is 1. The van der Waals surface area contributed by atoms with Crippen LogP contribution in [0, 0.1) is 0 Å². The number of hydrogen-bond acceptors (Lipinski definition) is 1. The first-order chi connectivity index (χ1) is 9.05. The number of fused-ring (bicyclic) bond motifs is 1. The molecule has 3 rings (SSSR count). The quantitative estimate of drug-likeness (QED) is 0.697. The van der Waals surface area contributed by atoms with E-state index in [0.717, 1.165) is 17.2 Å². The van der Waals surface area contributed by atoms with Crippen molar-refractivity contribution in [3.8, 4) is 11.1 Å². The van der Waals surface area contributed by atoms with Crippen molar-refractivity contribution in [2.24, 2.45) is 0 Å². The van der Waals surface area contributed by atoms with Crippen molar-refractivity contribution in [3.63, 3.8) is 0 Å². The van der Waals surface area contributed by atoms with E-state index in [0.29, 0.717) is 5.39 Å². The molecule has 0 aliphatic carbocycles. The number of aromatic nitrogens is 2. The van der Waals surface area contributed by atoms with Gasteiger partial charge < -0.3 is 4.98 Å². The molecular formula is C14H9F3N2. The second-order valence-electron chi connectivity index (χ2n) is 4.17. The summed E-state index contributed by atoms with van der Waals surface area (Å²) in [5, 5.41) is 0.473. The minimum atomic E-state index is -4.39. The molecule has 2 aromatic heterocycles. The molecule has 3 aromatic rings. The van der Waals surface area contributed by atoms with Crippen LogP contribution < -0.4 is 0 Å². The third-order valence-corrected chi connectivity index (χ3v) is 2.92. The number of nitrogens with zero attached hydrogens (tertiary/aromatic N) is 1. The first-order valence-corrected chi connectivity index (χ1v) is 5.66. The van der Waals surface area contributed by atoms with E-state index in [4.69, 9.17) is 0 Å². The molecule has 0 unspecified atom stereocenters. The lowest BCUT2D eigenvalue weighted by Crippen LogP contribution is -2.04. The molecule has 96 valence electrons. The average Bonchev–Trinajstić information content (AvgIpc) is 2.83. The summed E-state index contributed by atoms with van der Waals surface area (Å²) < 4.78 is 38.1. The Morgan fingerprint density at radius 2 is 1.74 bits per heavy atom. The number of pyridine rings is 1. The SMILES string of the molecule is FC(F)(F)c1cc2c(-c3ccccc3)ccnc2[nH]1. The monoisotopic (exact) mass is 262 g/mol. The van der Waals surface area contributed by atoms with Crippen LogP contribution in [0.2, 0.25) is 0 Å². The molecule has 2 nitrogen and oxygen atoms in total. The van der Waals surface area contributed by atoms with Crippen LogP contribution in [0.15, 0.2) is 48.7 Å². The fraction of sp³-hybridized carbons (Fsp3) is 0.0714. The number of alkyl halides is 3. The molecule has 19 heavy (non-hydrogen) atoms. The minimum Gasteiger partial charge on any atom is -0.336 e. The summed E-state index contributed by atoms with van der Waals surface area (Å²) in [6.07, 6.45) is -2.89. The summed E-state index contributed by atoms with van der Waals surface area (Å²) in [4.78, 5) is 6.26. The van der Waals surface area contributed by atoms with Gasteiger partial charge in [0.1, 0.15) is 11.3 Å². The van der Waals surface area contributed by atoms with Crippen LogP contribution in [0.25, 0.3) is 22.2 Å². The smallest absolute Gasteiger partial charge is 0.336 e. The van der Waals surface area contributed by atoms with E-state index in [1.54, 1.807) is 6.07 Å². The molecule has 0 bridgehead atoms. The maximum absolute atomic E-state index is 12.7. The van der Waals surface area contributed by atoms with Gasteiger partial charge in [-0.1, -0.05) is 30.3 Å². The van der Waals surface area contributed by atoms with E-state index in [-0.39, 0.29) is 5.65 Å². The van der Waals surface area contributed by atoms with E-state index in [1.807, 2.05) is 30.3 Å². The molecule has 0 spiro atoms. The van der Waals surface area contributed by atoms with E-state index >= 15 is 0 Å². The molecule has 0 saturated carbocycles. The Labute approximate surface area is 106 Å². The van der Waals surface area contributed by atoms with Gasteiger partial charge in [0.2, 0.25) is 0 Å². The first kappa shape index (κ1) is 11.8. The molecule has 1 aromatic carbocycles. The zero-order valence-electron chi connectivity index (χ0n) is 9.70. The number of rotatable bonds is 1. The lowest BCUT2D eigenvalue weighted by molar-refractivity contribution is -0.140. The molecule has 0 radical (unpaired) electrons. The van der Waals surface area contributed by atoms with Crippen molar-refractivity contribution in [2.45, 2.75) is 6.18 Å². The van der Waals surface area contributed by atoms with Crippen molar-refractivity contribution < 1.29 is 13.2 Å². The highest BCUT2D eigenvalue weighted by Gasteiger charge is 2.33. The minimum absolute atomic E-state index is 0.244. The molecule has 2 heterocycles. The topological polar surface area (TPSA) is 28.7 Å². The highest BCUT2D eigenvalue weighted by molar-refractivity contribution is 5.93. The van der Waals surface area contributed by atoms with Crippen molar-refractivity contribution in [1.29, 1.82) is 0 Å². The van der Waals surface area contributed by atoms with Crippen LogP contribution in [0.3, 0.4) is 0 Å². The Morgan fingerprint density at radius 1 is 1.00 bits per heavy atom. The standard InChI is InChI=1S/C14H9F3N2/c15-14(16,17)12-8-11-10(6-7-18-13(11)19-12)9-4-2-1-3-5-9/h1-8H,(H,18,19). The number of benzene rings is 1. The van der Waals surface area contributed by atoms with Crippen LogP contribution in [-0.4, -0.2) is 9.97 Å². The van der Waals surface area contributed by atoms with Gasteiger partial charge in [0.05, 0.1) is 0 Å². The maximum Gasteiger partial charge on any atom is 0.431 e. The lowest BCUT2D eigenvalue weighted by atomic mass is 10.0. The van der Waals surface area contributed by atoms with E-state index in [2.05, 4.69) is 9.97 Å². The number of nitrogens with one attached hydrogen (secondary N) is 1. The third kappa shape index (κ3) is 2.07. The van der Waals surface area contributed by atoms with Gasteiger partial charge >= 0.3 is 6.18 Å². The fourth-order valence-electron chi connectivity index (χ4n) is 2.05. The summed E-state index contributed by atoms with van der Waals surface area (Å²) in [6.45, 7) is 0. The molecule has 0 fully saturated rings. The summed E-state index contributed by atoms with van der Waals surface area (Å²) in [7, 11) is 0. The number of halogens is 3. The first-order valence-electron chi connectivity index (χ1n) is 5.66. The van der Waals surface area contributed by atoms with Crippen molar-refractivity contribution in [3.05, 3.63) is 54.4 Å². The van der Waals surface area contributed by atoms with Gasteiger partial charge in [0.25, 0.3) is 0 Å². The van der Waals surface area contributed by atoms with Crippen molar-refractivity contribution >= 4 is 11.0 Å². The van der Waals surface area contributed by atoms with Gasteiger partial charge in [-0.15, -0.1) is 0 Å². The summed E-state index contributed by atoms with van der Waals surface area (Å²) in [5.41, 5.74) is 1.06. The van der Waals surface area contributed by atoms with Gasteiger partial charge in [0, 0.05) is 11.6 Å². The summed E-state index contributed by atoms with van der Waals surface area (Å²) >= 11 is 0. The predicted octanol–water partition coefficient (Wildman–Crippen LogP) is 4.25. The Bertz CT molecular complexity index is 714. The van der Waals surface area contributed by atoms with Crippen molar-refractivity contribution in [2.75, 3.05) is 0 Å². The Morgan fingerprint density at radius 3 is 2.42 bits per heavy atom. The van der Waals surface area contributed by atoms with Crippen LogP contribution >= 0.6 is 0 Å². The molecule has 0 amide bonds. The largest absolute Gasteiger partial charge is 0.431 e. The molecule has 0 atom stereocenters. The Hall–Kier alpha value is -2.30. The van der Waals surface area contributed by atoms with Crippen LogP contribution in [0.5, 0.6) is 0 Å². The van der Waals surface area contributed by atoms with E-state index < -0.39 is 11.9 Å². The van der Waals surface area contributed by atoms with Gasteiger partial charge in [-0.25, -0.2) is 4.98 Å². The van der Waals surface area contributed by atoms with Crippen molar-refractivity contribution in [1.82, 2.24) is 9.97 Å². The van der Waals surface area contributed by atoms with E-state index in [9.17, 15) is 13.2 Å².